The summed E-state index contributed by atoms with van der Waals surface area (Å²) in [6, 6.07) is 7.96. The maximum Gasteiger partial charge on any atom is 0.374 e. The van der Waals surface area contributed by atoms with Crippen molar-refractivity contribution in [2.24, 2.45) is 0 Å². The molecule has 1 aromatic carbocycles. The van der Waals surface area contributed by atoms with Gasteiger partial charge in [0.2, 0.25) is 5.76 Å². The van der Waals surface area contributed by atoms with Gasteiger partial charge in [-0.1, -0.05) is 11.6 Å². The van der Waals surface area contributed by atoms with E-state index < -0.39 is 5.97 Å². The van der Waals surface area contributed by atoms with Gasteiger partial charge in [-0.2, -0.15) is 0 Å². The number of furan rings is 1. The van der Waals surface area contributed by atoms with Gasteiger partial charge in [0.15, 0.2) is 4.96 Å². The topological polar surface area (TPSA) is 73.8 Å². The highest BCUT2D eigenvalue weighted by Gasteiger charge is 2.15. The SMILES string of the molecule is O=C(OCc1cc(=O)n2ccsc2n1)c1cc2cc(Cl)ccc2o1. The number of thiazole rings is 1. The Morgan fingerprint density at radius 2 is 2.21 bits per heavy atom. The minimum Gasteiger partial charge on any atom is -0.453 e. The van der Waals surface area contributed by atoms with Gasteiger partial charge in [0.05, 0.1) is 5.69 Å². The van der Waals surface area contributed by atoms with E-state index in [9.17, 15) is 9.59 Å². The average Bonchev–Trinajstić information content (AvgIpc) is 3.18. The quantitative estimate of drug-likeness (QED) is 0.523. The zero-order valence-corrected chi connectivity index (χ0v) is 13.6. The van der Waals surface area contributed by atoms with Crippen LogP contribution >= 0.6 is 22.9 Å². The van der Waals surface area contributed by atoms with E-state index in [0.29, 0.717) is 26.6 Å². The Labute approximate surface area is 143 Å². The second-order valence-electron chi connectivity index (χ2n) is 5.01. The number of aromatic nitrogens is 2. The van der Waals surface area contributed by atoms with E-state index in [0.717, 1.165) is 0 Å². The zero-order chi connectivity index (χ0) is 16.7. The normalized spacial score (nSPS) is 11.2. The molecule has 0 aliphatic heterocycles. The first kappa shape index (κ1) is 14.9. The van der Waals surface area contributed by atoms with Crippen molar-refractivity contribution in [1.82, 2.24) is 9.38 Å². The average molecular weight is 361 g/mol. The van der Waals surface area contributed by atoms with Gasteiger partial charge < -0.3 is 9.15 Å². The first-order valence-electron chi connectivity index (χ1n) is 6.92. The minimum atomic E-state index is -0.629. The smallest absolute Gasteiger partial charge is 0.374 e. The molecule has 0 saturated carbocycles. The summed E-state index contributed by atoms with van der Waals surface area (Å²) in [6.45, 7) is -0.111. The van der Waals surface area contributed by atoms with Gasteiger partial charge in [0.25, 0.3) is 5.56 Å². The van der Waals surface area contributed by atoms with Crippen molar-refractivity contribution >= 4 is 44.8 Å². The van der Waals surface area contributed by atoms with Crippen LogP contribution in [0.25, 0.3) is 15.9 Å². The van der Waals surface area contributed by atoms with Crippen LogP contribution in [0.5, 0.6) is 0 Å². The summed E-state index contributed by atoms with van der Waals surface area (Å²) in [6.07, 6.45) is 1.64. The number of esters is 1. The molecule has 0 radical (unpaired) electrons. The van der Waals surface area contributed by atoms with Crippen LogP contribution in [0, 0.1) is 0 Å². The summed E-state index contributed by atoms with van der Waals surface area (Å²) in [5, 5.41) is 3.03. The standard InChI is InChI=1S/C16H9ClN2O4S/c17-10-1-2-12-9(5-10)6-13(23-12)15(21)22-8-11-7-14(20)19-3-4-24-16(19)18-11/h1-7H,8H2. The molecule has 0 atom stereocenters. The largest absolute Gasteiger partial charge is 0.453 e. The van der Waals surface area contributed by atoms with E-state index in [1.165, 1.54) is 21.8 Å². The van der Waals surface area contributed by atoms with Gasteiger partial charge in [-0.05, 0) is 24.3 Å². The van der Waals surface area contributed by atoms with Crippen molar-refractivity contribution in [3.8, 4) is 0 Å². The van der Waals surface area contributed by atoms with Crippen LogP contribution in [0.3, 0.4) is 0 Å². The lowest BCUT2D eigenvalue weighted by atomic mass is 10.2. The molecule has 4 rings (SSSR count). The Morgan fingerprint density at radius 1 is 1.33 bits per heavy atom. The molecule has 0 unspecified atom stereocenters. The number of hydrogen-bond acceptors (Lipinski definition) is 6. The summed E-state index contributed by atoms with van der Waals surface area (Å²) in [5.74, 6) is -0.559. The summed E-state index contributed by atoms with van der Waals surface area (Å²) >= 11 is 7.24. The molecule has 4 aromatic rings. The fourth-order valence-corrected chi connectivity index (χ4v) is 3.21. The molecular weight excluding hydrogens is 352 g/mol. The minimum absolute atomic E-state index is 0.0705. The number of hydrogen-bond donors (Lipinski definition) is 0. The predicted octanol–water partition coefficient (Wildman–Crippen LogP) is 3.51. The number of ether oxygens (including phenoxy) is 1. The highest BCUT2D eigenvalue weighted by molar-refractivity contribution is 7.15. The molecule has 0 aliphatic carbocycles. The van der Waals surface area contributed by atoms with Crippen molar-refractivity contribution in [1.29, 1.82) is 0 Å². The van der Waals surface area contributed by atoms with Crippen LogP contribution in [0.15, 0.2) is 51.1 Å². The lowest BCUT2D eigenvalue weighted by Gasteiger charge is -2.02. The third-order valence-electron chi connectivity index (χ3n) is 3.39. The van der Waals surface area contributed by atoms with Crippen LogP contribution in [0.2, 0.25) is 5.02 Å². The second-order valence-corrected chi connectivity index (χ2v) is 6.32. The molecule has 120 valence electrons. The Bertz CT molecular complexity index is 1130. The molecule has 0 aliphatic rings. The summed E-state index contributed by atoms with van der Waals surface area (Å²) < 4.78 is 12.0. The highest BCUT2D eigenvalue weighted by atomic mass is 35.5. The Balaban J connectivity index is 1.55. The highest BCUT2D eigenvalue weighted by Crippen LogP contribution is 2.23. The van der Waals surface area contributed by atoms with E-state index in [-0.39, 0.29) is 17.9 Å². The Morgan fingerprint density at radius 3 is 3.08 bits per heavy atom. The number of halogens is 1. The van der Waals surface area contributed by atoms with Gasteiger partial charge >= 0.3 is 5.97 Å². The summed E-state index contributed by atoms with van der Waals surface area (Å²) in [5.41, 5.74) is 0.711. The van der Waals surface area contributed by atoms with E-state index in [4.69, 9.17) is 20.8 Å². The molecule has 0 spiro atoms. The molecule has 8 heteroatoms. The molecule has 0 amide bonds. The van der Waals surface area contributed by atoms with Crippen molar-refractivity contribution in [3.05, 3.63) is 68.7 Å². The maximum absolute atomic E-state index is 12.1. The number of carbonyl (C=O) groups is 1. The third-order valence-corrected chi connectivity index (χ3v) is 4.38. The van der Waals surface area contributed by atoms with Gasteiger partial charge in [-0.15, -0.1) is 11.3 Å². The lowest BCUT2D eigenvalue weighted by molar-refractivity contribution is 0.0434. The van der Waals surface area contributed by atoms with E-state index >= 15 is 0 Å². The second kappa shape index (κ2) is 5.77. The first-order chi connectivity index (χ1) is 11.6. The van der Waals surface area contributed by atoms with Gasteiger partial charge in [0.1, 0.15) is 12.2 Å². The zero-order valence-electron chi connectivity index (χ0n) is 12.1. The van der Waals surface area contributed by atoms with Crippen LogP contribution in [-0.4, -0.2) is 15.4 Å². The van der Waals surface area contributed by atoms with Gasteiger partial charge in [-0.25, -0.2) is 9.78 Å². The molecule has 3 aromatic heterocycles. The molecule has 0 N–H and O–H groups in total. The fraction of sp³-hybridized carbons (Fsp3) is 0.0625. The van der Waals surface area contributed by atoms with Crippen molar-refractivity contribution in [2.75, 3.05) is 0 Å². The summed E-state index contributed by atoms with van der Waals surface area (Å²) in [4.78, 5) is 28.8. The van der Waals surface area contributed by atoms with Crippen LogP contribution in [-0.2, 0) is 11.3 Å². The fourth-order valence-electron chi connectivity index (χ4n) is 2.29. The lowest BCUT2D eigenvalue weighted by Crippen LogP contribution is -2.14. The van der Waals surface area contributed by atoms with Gasteiger partial charge in [-0.3, -0.25) is 9.20 Å². The van der Waals surface area contributed by atoms with E-state index in [2.05, 4.69) is 4.98 Å². The van der Waals surface area contributed by atoms with E-state index in [1.807, 2.05) is 0 Å². The number of fused-ring (bicyclic) bond motifs is 2. The van der Waals surface area contributed by atoms with Crippen LogP contribution in [0.4, 0.5) is 0 Å². The van der Waals surface area contributed by atoms with Crippen molar-refractivity contribution in [2.45, 2.75) is 6.61 Å². The molecular formula is C16H9ClN2O4S. The number of rotatable bonds is 3. The van der Waals surface area contributed by atoms with Crippen LogP contribution < -0.4 is 5.56 Å². The van der Waals surface area contributed by atoms with Crippen LogP contribution in [0.1, 0.15) is 16.2 Å². The van der Waals surface area contributed by atoms with E-state index in [1.54, 1.807) is 35.8 Å². The molecule has 0 saturated heterocycles. The van der Waals surface area contributed by atoms with Gasteiger partial charge in [0, 0.05) is 28.1 Å². The molecule has 0 bridgehead atoms. The van der Waals surface area contributed by atoms with Crippen molar-refractivity contribution in [3.63, 3.8) is 0 Å². The number of benzene rings is 1. The maximum atomic E-state index is 12.1. The Hall–Kier alpha value is -2.64. The predicted molar refractivity (Wildman–Crippen MR) is 89.7 cm³/mol. The Kier molecular flexibility index (Phi) is 3.59. The summed E-state index contributed by atoms with van der Waals surface area (Å²) in [7, 11) is 0. The first-order valence-corrected chi connectivity index (χ1v) is 8.18. The molecule has 3 heterocycles. The number of nitrogens with zero attached hydrogens (tertiary/aromatic N) is 2. The monoisotopic (exact) mass is 360 g/mol. The molecule has 24 heavy (non-hydrogen) atoms. The molecule has 0 fully saturated rings. The number of carbonyl (C=O) groups excluding carboxylic acids is 1. The molecule has 6 nitrogen and oxygen atoms in total. The third kappa shape index (κ3) is 2.68. The van der Waals surface area contributed by atoms with Crippen molar-refractivity contribution < 1.29 is 13.9 Å².